The monoisotopic (exact) mass is 421 g/mol. The number of hydrogen-bond donors (Lipinski definition) is 0. The molecule has 2 aliphatic carbocycles. The van der Waals surface area contributed by atoms with E-state index in [1.807, 2.05) is 18.2 Å². The predicted molar refractivity (Wildman–Crippen MR) is 121 cm³/mol. The number of rotatable bonds is 6. The number of nitrogens with zero attached hydrogens (tertiary/aromatic N) is 1. The highest BCUT2D eigenvalue weighted by Gasteiger charge is 2.27. The van der Waals surface area contributed by atoms with Gasteiger partial charge in [0.25, 0.3) is 0 Å². The number of fused-ring (bicyclic) bond motifs is 1. The minimum atomic E-state index is -0.389. The van der Waals surface area contributed by atoms with Gasteiger partial charge in [-0.3, -0.25) is 0 Å². The molecule has 1 unspecified atom stereocenters. The van der Waals surface area contributed by atoms with E-state index in [1.54, 1.807) is 12.1 Å². The highest BCUT2D eigenvalue weighted by Crippen LogP contribution is 2.40. The van der Waals surface area contributed by atoms with Gasteiger partial charge >= 0.3 is 0 Å². The van der Waals surface area contributed by atoms with Gasteiger partial charge in [0.1, 0.15) is 17.7 Å². The molecule has 0 amide bonds. The molecule has 0 radical (unpaired) electrons. The highest BCUT2D eigenvalue weighted by molar-refractivity contribution is 5.43. The minimum Gasteiger partial charge on any atom is -0.207 e. The molecule has 0 bridgehead atoms. The van der Waals surface area contributed by atoms with Crippen LogP contribution in [0.15, 0.2) is 30.3 Å². The third-order valence-corrected chi connectivity index (χ3v) is 7.67. The molecule has 1 saturated carbocycles. The standard InChI is InChI=1S/C28H33F2N/c1-2-3-4-5-19-6-8-20(9-7-19)21-12-14-25(27(29)17-21)22-13-15-26-23(16-22)10-11-24(18-31)28(26)30/h10-12,14,17,19-20,22H,2-9,13,15-16H2,1H3. The Labute approximate surface area is 185 Å². The van der Waals surface area contributed by atoms with Crippen molar-refractivity contribution >= 4 is 0 Å². The summed E-state index contributed by atoms with van der Waals surface area (Å²) in [6, 6.07) is 11.2. The molecule has 0 spiro atoms. The van der Waals surface area contributed by atoms with Crippen molar-refractivity contribution in [3.63, 3.8) is 0 Å². The topological polar surface area (TPSA) is 23.8 Å². The number of nitriles is 1. The van der Waals surface area contributed by atoms with E-state index in [0.29, 0.717) is 24.3 Å². The van der Waals surface area contributed by atoms with E-state index < -0.39 is 0 Å². The van der Waals surface area contributed by atoms with E-state index in [1.165, 1.54) is 51.4 Å². The average Bonchev–Trinajstić information content (AvgIpc) is 2.80. The zero-order chi connectivity index (χ0) is 21.8. The lowest BCUT2D eigenvalue weighted by molar-refractivity contribution is 0.302. The molecule has 1 fully saturated rings. The Balaban J connectivity index is 1.41. The predicted octanol–water partition coefficient (Wildman–Crippen LogP) is 7.96. The Morgan fingerprint density at radius 2 is 1.77 bits per heavy atom. The average molecular weight is 422 g/mol. The van der Waals surface area contributed by atoms with Crippen LogP contribution in [0.2, 0.25) is 0 Å². The van der Waals surface area contributed by atoms with Crippen molar-refractivity contribution in [1.29, 1.82) is 5.26 Å². The Morgan fingerprint density at radius 1 is 0.968 bits per heavy atom. The third kappa shape index (κ3) is 4.84. The Hall–Kier alpha value is -2.21. The lowest BCUT2D eigenvalue weighted by atomic mass is 9.76. The smallest absolute Gasteiger partial charge is 0.144 e. The van der Waals surface area contributed by atoms with Gasteiger partial charge in [0.05, 0.1) is 5.56 Å². The maximum atomic E-state index is 15.1. The molecular weight excluding hydrogens is 388 g/mol. The first kappa shape index (κ1) is 22.0. The lowest BCUT2D eigenvalue weighted by Crippen LogP contribution is -2.17. The minimum absolute atomic E-state index is 0.0724. The molecule has 0 heterocycles. The third-order valence-electron chi connectivity index (χ3n) is 7.67. The molecule has 1 nitrogen and oxygen atoms in total. The largest absolute Gasteiger partial charge is 0.207 e. The van der Waals surface area contributed by atoms with Crippen LogP contribution in [-0.4, -0.2) is 0 Å². The molecule has 0 N–H and O–H groups in total. The van der Waals surface area contributed by atoms with Crippen LogP contribution in [0.5, 0.6) is 0 Å². The van der Waals surface area contributed by atoms with Gasteiger partial charge in [-0.15, -0.1) is 0 Å². The van der Waals surface area contributed by atoms with E-state index in [4.69, 9.17) is 5.26 Å². The Bertz CT molecular complexity index is 950. The lowest BCUT2D eigenvalue weighted by Gasteiger charge is -2.30. The summed E-state index contributed by atoms with van der Waals surface area (Å²) in [5.74, 6) is 0.917. The Kier molecular flexibility index (Phi) is 7.06. The second kappa shape index (κ2) is 9.94. The van der Waals surface area contributed by atoms with Crippen LogP contribution in [-0.2, 0) is 12.8 Å². The summed E-state index contributed by atoms with van der Waals surface area (Å²) in [4.78, 5) is 0. The summed E-state index contributed by atoms with van der Waals surface area (Å²) in [6.07, 6.45) is 12.1. The Morgan fingerprint density at radius 3 is 2.48 bits per heavy atom. The fourth-order valence-electron chi connectivity index (χ4n) is 5.76. The molecule has 164 valence electrons. The highest BCUT2D eigenvalue weighted by atomic mass is 19.1. The van der Waals surface area contributed by atoms with Crippen molar-refractivity contribution in [2.45, 2.75) is 89.4 Å². The fourth-order valence-corrected chi connectivity index (χ4v) is 5.76. The van der Waals surface area contributed by atoms with Crippen LogP contribution in [0.4, 0.5) is 8.78 Å². The van der Waals surface area contributed by atoms with Gasteiger partial charge in [0.2, 0.25) is 0 Å². The van der Waals surface area contributed by atoms with Crippen molar-refractivity contribution in [3.8, 4) is 6.07 Å². The van der Waals surface area contributed by atoms with Crippen LogP contribution in [0.25, 0.3) is 0 Å². The number of halogens is 2. The normalized spacial score (nSPS) is 23.2. The summed E-state index contributed by atoms with van der Waals surface area (Å²) in [5, 5.41) is 9.04. The van der Waals surface area contributed by atoms with Crippen LogP contribution in [0.1, 0.15) is 104 Å². The van der Waals surface area contributed by atoms with Crippen molar-refractivity contribution in [2.75, 3.05) is 0 Å². The van der Waals surface area contributed by atoms with E-state index in [2.05, 4.69) is 13.0 Å². The van der Waals surface area contributed by atoms with Gasteiger partial charge in [0, 0.05) is 0 Å². The summed E-state index contributed by atoms with van der Waals surface area (Å²) in [6.45, 7) is 2.25. The number of hydrogen-bond acceptors (Lipinski definition) is 1. The van der Waals surface area contributed by atoms with Gasteiger partial charge in [-0.25, -0.2) is 8.78 Å². The molecule has 4 rings (SSSR count). The fraction of sp³-hybridized carbons (Fsp3) is 0.536. The van der Waals surface area contributed by atoms with E-state index in [9.17, 15) is 4.39 Å². The molecular formula is C28H33F2N. The van der Waals surface area contributed by atoms with Gasteiger partial charge < -0.3 is 0 Å². The first-order valence-corrected chi connectivity index (χ1v) is 12.1. The zero-order valence-electron chi connectivity index (χ0n) is 18.6. The molecule has 2 aromatic carbocycles. The van der Waals surface area contributed by atoms with E-state index in [0.717, 1.165) is 29.0 Å². The number of unbranched alkanes of at least 4 members (excludes halogenated alkanes) is 2. The summed E-state index contributed by atoms with van der Waals surface area (Å²) in [7, 11) is 0. The van der Waals surface area contributed by atoms with Crippen molar-refractivity contribution < 1.29 is 8.78 Å². The van der Waals surface area contributed by atoms with E-state index in [-0.39, 0.29) is 23.1 Å². The molecule has 2 aliphatic rings. The first-order valence-electron chi connectivity index (χ1n) is 12.1. The molecule has 2 aromatic rings. The second-order valence-corrected chi connectivity index (χ2v) is 9.61. The molecule has 1 atom stereocenters. The van der Waals surface area contributed by atoms with Gasteiger partial charge in [-0.1, -0.05) is 50.8 Å². The van der Waals surface area contributed by atoms with Crippen LogP contribution in [0.3, 0.4) is 0 Å². The molecule has 31 heavy (non-hydrogen) atoms. The zero-order valence-corrected chi connectivity index (χ0v) is 18.6. The van der Waals surface area contributed by atoms with Gasteiger partial charge in [-0.2, -0.15) is 5.26 Å². The van der Waals surface area contributed by atoms with Crippen LogP contribution >= 0.6 is 0 Å². The maximum Gasteiger partial charge on any atom is 0.144 e. The SMILES string of the molecule is CCCCCC1CCC(c2ccc(C3CCc4c(ccc(C#N)c4F)C3)c(F)c2)CC1. The molecule has 0 saturated heterocycles. The maximum absolute atomic E-state index is 15.1. The van der Waals surface area contributed by atoms with E-state index >= 15 is 4.39 Å². The quantitative estimate of drug-likeness (QED) is 0.434. The molecule has 0 aromatic heterocycles. The molecule has 3 heteroatoms. The number of benzene rings is 2. The van der Waals surface area contributed by atoms with Crippen molar-refractivity contribution in [3.05, 3.63) is 69.8 Å². The second-order valence-electron chi connectivity index (χ2n) is 9.61. The summed E-state index contributed by atoms with van der Waals surface area (Å²) < 4.78 is 29.6. The molecule has 0 aliphatic heterocycles. The first-order chi connectivity index (χ1) is 15.1. The van der Waals surface area contributed by atoms with Gasteiger partial charge in [0.15, 0.2) is 0 Å². The summed E-state index contributed by atoms with van der Waals surface area (Å²) >= 11 is 0. The van der Waals surface area contributed by atoms with Crippen LogP contribution < -0.4 is 0 Å². The van der Waals surface area contributed by atoms with Crippen LogP contribution in [0, 0.1) is 28.9 Å². The summed E-state index contributed by atoms with van der Waals surface area (Å²) in [5.41, 5.74) is 3.56. The van der Waals surface area contributed by atoms with Crippen molar-refractivity contribution in [1.82, 2.24) is 0 Å². The van der Waals surface area contributed by atoms with Crippen molar-refractivity contribution in [2.24, 2.45) is 5.92 Å². The van der Waals surface area contributed by atoms with Gasteiger partial charge in [-0.05, 0) is 97.1 Å².